The molecule has 3 heteroatoms. The highest BCUT2D eigenvalue weighted by Gasteiger charge is 2.32. The molecular formula is C12H23NO2. The molecule has 0 aromatic heterocycles. The highest BCUT2D eigenvalue weighted by Crippen LogP contribution is 2.18. The Balaban J connectivity index is 4.39. The second kappa shape index (κ2) is 6.62. The molecular weight excluding hydrogens is 190 g/mol. The van der Waals surface area contributed by atoms with Crippen molar-refractivity contribution in [3.05, 3.63) is 12.7 Å². The van der Waals surface area contributed by atoms with E-state index >= 15 is 0 Å². The smallest absolute Gasteiger partial charge is 0.325 e. The van der Waals surface area contributed by atoms with E-state index in [1.807, 2.05) is 6.92 Å². The Morgan fingerprint density at radius 3 is 2.60 bits per heavy atom. The minimum absolute atomic E-state index is 0.204. The molecule has 0 radical (unpaired) electrons. The van der Waals surface area contributed by atoms with E-state index < -0.39 is 5.54 Å². The van der Waals surface area contributed by atoms with Crippen LogP contribution in [0.4, 0.5) is 0 Å². The third-order valence-corrected chi connectivity index (χ3v) is 2.49. The molecule has 88 valence electrons. The van der Waals surface area contributed by atoms with Gasteiger partial charge in [-0.25, -0.2) is 0 Å². The molecule has 0 spiro atoms. The van der Waals surface area contributed by atoms with E-state index in [2.05, 4.69) is 25.7 Å². The Morgan fingerprint density at radius 2 is 2.20 bits per heavy atom. The normalized spacial score (nSPS) is 14.7. The predicted molar refractivity (Wildman–Crippen MR) is 62.7 cm³/mol. The van der Waals surface area contributed by atoms with E-state index in [0.717, 1.165) is 12.8 Å². The average molecular weight is 213 g/mol. The highest BCUT2D eigenvalue weighted by atomic mass is 16.5. The van der Waals surface area contributed by atoms with Crippen molar-refractivity contribution >= 4 is 5.97 Å². The molecule has 1 N–H and O–H groups in total. The summed E-state index contributed by atoms with van der Waals surface area (Å²) in [5.74, 6) is 0.379. The van der Waals surface area contributed by atoms with E-state index in [4.69, 9.17) is 4.74 Å². The first-order valence-electron chi connectivity index (χ1n) is 5.40. The molecule has 0 bridgehead atoms. The van der Waals surface area contributed by atoms with Gasteiger partial charge >= 0.3 is 5.97 Å². The van der Waals surface area contributed by atoms with Gasteiger partial charge in [0.05, 0.1) is 7.11 Å². The van der Waals surface area contributed by atoms with Crippen LogP contribution in [0.2, 0.25) is 0 Å². The SMILES string of the molecule is C=CCNC(C)(CCC(C)C)C(=O)OC. The zero-order valence-corrected chi connectivity index (χ0v) is 10.3. The summed E-state index contributed by atoms with van der Waals surface area (Å²) in [7, 11) is 1.42. The average Bonchev–Trinajstić information content (AvgIpc) is 2.22. The second-order valence-electron chi connectivity index (χ2n) is 4.43. The first kappa shape index (κ1) is 14.2. The number of nitrogens with one attached hydrogen (secondary N) is 1. The Morgan fingerprint density at radius 1 is 1.60 bits per heavy atom. The second-order valence-corrected chi connectivity index (χ2v) is 4.43. The van der Waals surface area contributed by atoms with Crippen LogP contribution in [0.5, 0.6) is 0 Å². The summed E-state index contributed by atoms with van der Waals surface area (Å²) >= 11 is 0. The molecule has 0 rings (SSSR count). The molecule has 0 amide bonds. The largest absolute Gasteiger partial charge is 0.468 e. The Labute approximate surface area is 92.9 Å². The van der Waals surface area contributed by atoms with Crippen molar-refractivity contribution in [2.75, 3.05) is 13.7 Å². The monoisotopic (exact) mass is 213 g/mol. The van der Waals surface area contributed by atoms with Gasteiger partial charge in [-0.05, 0) is 25.7 Å². The number of methoxy groups -OCH3 is 1. The zero-order valence-electron chi connectivity index (χ0n) is 10.3. The number of hydrogen-bond donors (Lipinski definition) is 1. The lowest BCUT2D eigenvalue weighted by atomic mass is 9.92. The fraction of sp³-hybridized carbons (Fsp3) is 0.750. The van der Waals surface area contributed by atoms with Crippen LogP contribution in [0.25, 0.3) is 0 Å². The zero-order chi connectivity index (χ0) is 11.9. The molecule has 0 aromatic carbocycles. The van der Waals surface area contributed by atoms with Crippen LogP contribution in [-0.4, -0.2) is 25.2 Å². The summed E-state index contributed by atoms with van der Waals surface area (Å²) in [6, 6.07) is 0. The van der Waals surface area contributed by atoms with Gasteiger partial charge in [-0.15, -0.1) is 6.58 Å². The summed E-state index contributed by atoms with van der Waals surface area (Å²) < 4.78 is 4.81. The van der Waals surface area contributed by atoms with Gasteiger partial charge in [0.25, 0.3) is 0 Å². The minimum Gasteiger partial charge on any atom is -0.468 e. The predicted octanol–water partition coefficient (Wildman–Crippen LogP) is 2.13. The third kappa shape index (κ3) is 4.98. The number of carbonyl (C=O) groups excluding carboxylic acids is 1. The van der Waals surface area contributed by atoms with Crippen LogP contribution in [0, 0.1) is 5.92 Å². The fourth-order valence-electron chi connectivity index (χ4n) is 1.36. The molecule has 0 saturated heterocycles. The molecule has 0 heterocycles. The van der Waals surface area contributed by atoms with E-state index in [1.54, 1.807) is 6.08 Å². The molecule has 15 heavy (non-hydrogen) atoms. The van der Waals surface area contributed by atoms with E-state index in [-0.39, 0.29) is 5.97 Å². The number of hydrogen-bond acceptors (Lipinski definition) is 3. The maximum absolute atomic E-state index is 11.6. The number of esters is 1. The van der Waals surface area contributed by atoms with E-state index in [9.17, 15) is 4.79 Å². The topological polar surface area (TPSA) is 38.3 Å². The van der Waals surface area contributed by atoms with Crippen molar-refractivity contribution in [2.24, 2.45) is 5.92 Å². The molecule has 0 aliphatic heterocycles. The van der Waals surface area contributed by atoms with Gasteiger partial charge in [0.1, 0.15) is 5.54 Å². The van der Waals surface area contributed by atoms with Crippen molar-refractivity contribution in [1.82, 2.24) is 5.32 Å². The third-order valence-electron chi connectivity index (χ3n) is 2.49. The summed E-state index contributed by atoms with van der Waals surface area (Å²) in [5, 5.41) is 3.16. The van der Waals surface area contributed by atoms with Crippen LogP contribution in [0.15, 0.2) is 12.7 Å². The molecule has 0 aromatic rings. The molecule has 0 aliphatic carbocycles. The van der Waals surface area contributed by atoms with Crippen molar-refractivity contribution in [3.8, 4) is 0 Å². The van der Waals surface area contributed by atoms with Gasteiger partial charge in [0.15, 0.2) is 0 Å². The minimum atomic E-state index is -0.590. The lowest BCUT2D eigenvalue weighted by Crippen LogP contribution is -2.50. The van der Waals surface area contributed by atoms with Gasteiger partial charge < -0.3 is 4.74 Å². The lowest BCUT2D eigenvalue weighted by Gasteiger charge is -2.28. The molecule has 1 atom stereocenters. The number of ether oxygens (including phenoxy) is 1. The first-order chi connectivity index (χ1) is 6.96. The van der Waals surface area contributed by atoms with E-state index in [1.165, 1.54) is 7.11 Å². The summed E-state index contributed by atoms with van der Waals surface area (Å²) in [4.78, 5) is 11.6. The molecule has 0 aliphatic rings. The quantitative estimate of drug-likeness (QED) is 0.520. The van der Waals surface area contributed by atoms with Crippen LogP contribution in [-0.2, 0) is 9.53 Å². The summed E-state index contributed by atoms with van der Waals surface area (Å²) in [5.41, 5.74) is -0.590. The summed E-state index contributed by atoms with van der Waals surface area (Å²) in [6.07, 6.45) is 3.53. The molecule has 3 nitrogen and oxygen atoms in total. The van der Waals surface area contributed by atoms with Crippen molar-refractivity contribution in [1.29, 1.82) is 0 Å². The molecule has 0 fully saturated rings. The van der Waals surface area contributed by atoms with Gasteiger partial charge in [0.2, 0.25) is 0 Å². The summed E-state index contributed by atoms with van der Waals surface area (Å²) in [6.45, 7) is 10.4. The fourth-order valence-corrected chi connectivity index (χ4v) is 1.36. The van der Waals surface area contributed by atoms with Gasteiger partial charge in [-0.2, -0.15) is 0 Å². The standard InChI is InChI=1S/C12H23NO2/c1-6-9-13-12(4,11(14)15-5)8-7-10(2)3/h6,10,13H,1,7-9H2,2-5H3. The Kier molecular flexibility index (Phi) is 6.25. The maximum Gasteiger partial charge on any atom is 0.325 e. The number of carbonyl (C=O) groups is 1. The lowest BCUT2D eigenvalue weighted by molar-refractivity contribution is -0.148. The van der Waals surface area contributed by atoms with Crippen molar-refractivity contribution in [3.63, 3.8) is 0 Å². The number of rotatable bonds is 7. The van der Waals surface area contributed by atoms with Gasteiger partial charge in [0, 0.05) is 6.54 Å². The Hall–Kier alpha value is -0.830. The first-order valence-corrected chi connectivity index (χ1v) is 5.40. The van der Waals surface area contributed by atoms with Crippen LogP contribution < -0.4 is 5.32 Å². The van der Waals surface area contributed by atoms with Crippen molar-refractivity contribution < 1.29 is 9.53 Å². The highest BCUT2D eigenvalue weighted by molar-refractivity contribution is 5.80. The van der Waals surface area contributed by atoms with E-state index in [0.29, 0.717) is 12.5 Å². The van der Waals surface area contributed by atoms with Crippen LogP contribution in [0.3, 0.4) is 0 Å². The molecule has 1 unspecified atom stereocenters. The maximum atomic E-state index is 11.6. The van der Waals surface area contributed by atoms with Crippen LogP contribution in [0.1, 0.15) is 33.6 Å². The molecule has 0 saturated carbocycles. The van der Waals surface area contributed by atoms with Gasteiger partial charge in [-0.1, -0.05) is 19.9 Å². The van der Waals surface area contributed by atoms with Crippen LogP contribution >= 0.6 is 0 Å². The van der Waals surface area contributed by atoms with Gasteiger partial charge in [-0.3, -0.25) is 10.1 Å². The Bertz CT molecular complexity index is 214. The van der Waals surface area contributed by atoms with Crippen molar-refractivity contribution in [2.45, 2.75) is 39.2 Å².